The minimum atomic E-state index is -5.17. The molecule has 0 aliphatic heterocycles. The molecule has 1 unspecified atom stereocenters. The number of unbranched alkanes of at least 4 members (excludes halogenated alkanes) is 10. The first-order chi connectivity index (χ1) is 30.3. The van der Waals surface area contributed by atoms with Gasteiger partial charge in [-0.25, -0.2) is 0 Å². The Hall–Kier alpha value is -1.06. The van der Waals surface area contributed by atoms with E-state index in [1.807, 2.05) is 0 Å². The van der Waals surface area contributed by atoms with Crippen LogP contribution in [-0.2, 0) is 14.3 Å². The van der Waals surface area contributed by atoms with Crippen LogP contribution in [0, 0.1) is 0 Å². The first-order valence-electron chi connectivity index (χ1n) is 28.7. The minimum absolute atomic E-state index is 0.0167. The highest BCUT2D eigenvalue weighted by Crippen LogP contribution is 2.18. The van der Waals surface area contributed by atoms with Gasteiger partial charge in [-0.3, -0.25) is 9.59 Å². The third-order valence-electron chi connectivity index (χ3n) is 5.23. The first kappa shape index (κ1) is 10.6. The van der Waals surface area contributed by atoms with Crippen molar-refractivity contribution in [3.8, 4) is 0 Å². The van der Waals surface area contributed by atoms with Gasteiger partial charge >= 0.3 is 11.9 Å². The molecule has 1 N–H and O–H groups in total. The van der Waals surface area contributed by atoms with E-state index in [0.29, 0.717) is 12.8 Å². The maximum atomic E-state index is 13.4. The van der Waals surface area contributed by atoms with Crippen LogP contribution in [0.1, 0.15) is 242 Å². The van der Waals surface area contributed by atoms with Gasteiger partial charge in [-0.1, -0.05) is 154 Å². The molecule has 38 heavy (non-hydrogen) atoms. The fourth-order valence-corrected chi connectivity index (χ4v) is 3.39. The SMILES string of the molecule is [2H]C([2H])([2H])C([2H])([2H])C([2H])([2H])C([2H])([2H])C([2H])([2H])C([2H])([2H])C([2H])([2H])C([2H])([2H])C([2H])([2H])C([2H])([2H])C([2H])([2H])C([2H])([2H])C([2H])([2H])C([2H])([2H])C([2H])([2H])C(=O)OC(CCCCCCCCCCCCC)CCCC(=O)O. The lowest BCUT2D eigenvalue weighted by molar-refractivity contribution is -0.150. The van der Waals surface area contributed by atoms with Crippen LogP contribution in [0.25, 0.3) is 0 Å². The Labute approximate surface area is 281 Å². The number of hydrogen-bond donors (Lipinski definition) is 1. The zero-order chi connectivity index (χ0) is 55.5. The van der Waals surface area contributed by atoms with Crippen LogP contribution in [0.5, 0.6) is 0 Å². The highest BCUT2D eigenvalue weighted by Gasteiger charge is 2.15. The smallest absolute Gasteiger partial charge is 0.306 e. The van der Waals surface area contributed by atoms with Crippen molar-refractivity contribution in [3.05, 3.63) is 0 Å². The summed E-state index contributed by atoms with van der Waals surface area (Å²) < 4.78 is 259. The minimum Gasteiger partial charge on any atom is -0.481 e. The van der Waals surface area contributed by atoms with Gasteiger partial charge in [-0.15, -0.1) is 0 Å². The second kappa shape index (κ2) is 30.5. The lowest BCUT2D eigenvalue weighted by atomic mass is 10.0. The third-order valence-corrected chi connectivity index (χ3v) is 5.23. The van der Waals surface area contributed by atoms with E-state index in [-0.39, 0.29) is 19.3 Å². The van der Waals surface area contributed by atoms with Crippen molar-refractivity contribution >= 4 is 11.9 Å². The fraction of sp³-hybridized carbons (Fsp3) is 0.941. The van der Waals surface area contributed by atoms with E-state index in [1.165, 1.54) is 0 Å². The van der Waals surface area contributed by atoms with E-state index < -0.39 is 121 Å². The zero-order valence-corrected chi connectivity index (χ0v) is 22.4. The van der Waals surface area contributed by atoms with E-state index in [4.69, 9.17) is 52.3 Å². The molecule has 0 aliphatic carbocycles. The summed E-state index contributed by atoms with van der Waals surface area (Å²) in [5.41, 5.74) is 0. The summed E-state index contributed by atoms with van der Waals surface area (Å²) in [5, 5.41) is 9.11. The number of hydrogen-bond acceptors (Lipinski definition) is 3. The van der Waals surface area contributed by atoms with Crippen LogP contribution in [0.3, 0.4) is 0 Å². The average molecular weight is 570 g/mol. The highest BCUT2D eigenvalue weighted by molar-refractivity contribution is 5.69. The van der Waals surface area contributed by atoms with Crippen molar-refractivity contribution in [2.75, 3.05) is 0 Å². The summed E-state index contributed by atoms with van der Waals surface area (Å²) in [7, 11) is 0. The molecular weight excluding hydrogens is 472 g/mol. The molecule has 0 saturated heterocycles. The van der Waals surface area contributed by atoms with E-state index in [9.17, 15) is 9.59 Å². The van der Waals surface area contributed by atoms with Gasteiger partial charge in [0.15, 0.2) is 0 Å². The van der Waals surface area contributed by atoms with Gasteiger partial charge in [0.05, 0.1) is 0 Å². The number of rotatable bonds is 31. The molecule has 0 bridgehead atoms. The molecule has 0 saturated carbocycles. The first-order valence-corrected chi connectivity index (χ1v) is 13.2. The van der Waals surface area contributed by atoms with Gasteiger partial charge < -0.3 is 9.84 Å². The molecule has 0 aromatic heterocycles. The van der Waals surface area contributed by atoms with Gasteiger partial charge in [0, 0.05) is 55.3 Å². The normalized spacial score (nSPS) is 29.8. The molecule has 0 rings (SSSR count). The van der Waals surface area contributed by atoms with E-state index in [0.717, 1.165) is 57.8 Å². The number of esters is 1. The molecule has 1 atom stereocenters. The molecule has 4 heteroatoms. The number of carboxylic acid groups (broad SMARTS) is 1. The number of aliphatic carboxylic acids is 1. The van der Waals surface area contributed by atoms with E-state index in [1.54, 1.807) is 0 Å². The molecule has 0 radical (unpaired) electrons. The van der Waals surface area contributed by atoms with Crippen LogP contribution in [-0.4, -0.2) is 23.1 Å². The Bertz CT molecular complexity index is 1690. The average Bonchev–Trinajstić information content (AvgIpc) is 3.17. The van der Waals surface area contributed by atoms with Crippen LogP contribution >= 0.6 is 0 Å². The van der Waals surface area contributed by atoms with Gasteiger partial charge in [0.2, 0.25) is 0 Å². The number of carbonyl (C=O) groups excluding carboxylic acids is 1. The Morgan fingerprint density at radius 3 is 1.61 bits per heavy atom. The van der Waals surface area contributed by atoms with Crippen molar-refractivity contribution in [3.63, 3.8) is 0 Å². The molecule has 0 aromatic carbocycles. The van der Waals surface area contributed by atoms with Crippen molar-refractivity contribution < 1.29 is 61.9 Å². The number of carbonyl (C=O) groups is 2. The molecule has 0 heterocycles. The Morgan fingerprint density at radius 1 is 0.658 bits per heavy atom. The summed E-state index contributed by atoms with van der Waals surface area (Å²) in [6.45, 7) is -2.02. The number of ether oxygens (including phenoxy) is 1. The molecule has 0 aliphatic rings. The molecule has 0 amide bonds. The van der Waals surface area contributed by atoms with Crippen LogP contribution < -0.4 is 0 Å². The lowest BCUT2D eigenvalue weighted by Gasteiger charge is -2.18. The second-order valence-corrected chi connectivity index (χ2v) is 8.39. The second-order valence-electron chi connectivity index (χ2n) is 8.39. The maximum Gasteiger partial charge on any atom is 0.306 e. The molecule has 0 spiro atoms. The van der Waals surface area contributed by atoms with Crippen LogP contribution in [0.2, 0.25) is 0 Å². The summed E-state index contributed by atoms with van der Waals surface area (Å²) in [6, 6.07) is 0. The third kappa shape index (κ3) is 29.5. The molecule has 226 valence electrons. The molecule has 0 fully saturated rings. The highest BCUT2D eigenvalue weighted by atomic mass is 16.5. The summed E-state index contributed by atoms with van der Waals surface area (Å²) >= 11 is 0. The number of carboxylic acids is 1. The standard InChI is InChI=1S/C34H66O4/c1-3-5-7-9-11-13-15-16-18-20-22-24-26-31-34(37)38-32(29-27-30-33(35)36)28-25-23-21-19-17-14-12-10-8-6-4-2/h32H,3-31H2,1-2H3,(H,35,36)/i1D3,3D2,5D2,7D2,9D2,11D2,13D2,15D2,16D2,18D2,20D2,22D2,24D2,26D2,31D2. The fourth-order valence-electron chi connectivity index (χ4n) is 3.39. The molecule has 4 nitrogen and oxygen atoms in total. The van der Waals surface area contributed by atoms with E-state index in [2.05, 4.69) is 6.92 Å². The van der Waals surface area contributed by atoms with E-state index >= 15 is 0 Å². The predicted octanol–water partition coefficient (Wildman–Crippen LogP) is 11.3. The molecular formula is C34H66O4. The Kier molecular flexibility index (Phi) is 8.54. The Morgan fingerprint density at radius 2 is 1.11 bits per heavy atom. The predicted molar refractivity (Wildman–Crippen MR) is 163 cm³/mol. The van der Waals surface area contributed by atoms with Crippen molar-refractivity contribution in [1.82, 2.24) is 0 Å². The maximum absolute atomic E-state index is 13.4. The van der Waals surface area contributed by atoms with Gasteiger partial charge in [-0.05, 0) is 32.1 Å². The van der Waals surface area contributed by atoms with Crippen molar-refractivity contribution in [2.45, 2.75) is 205 Å². The summed E-state index contributed by atoms with van der Waals surface area (Å²) in [6.07, 6.45) is -60.6. The molecule has 0 aromatic rings. The Balaban J connectivity index is 7.04. The van der Waals surface area contributed by atoms with Gasteiger partial charge in [0.25, 0.3) is 0 Å². The van der Waals surface area contributed by atoms with Gasteiger partial charge in [-0.2, -0.15) is 0 Å². The van der Waals surface area contributed by atoms with Crippen LogP contribution in [0.15, 0.2) is 0 Å². The van der Waals surface area contributed by atoms with Crippen molar-refractivity contribution in [2.24, 2.45) is 0 Å². The zero-order valence-electron chi connectivity index (χ0n) is 53.4. The summed E-state index contributed by atoms with van der Waals surface area (Å²) in [5.74, 6) is -3.45. The quantitative estimate of drug-likeness (QED) is 0.0666. The van der Waals surface area contributed by atoms with Crippen molar-refractivity contribution in [1.29, 1.82) is 0 Å². The lowest BCUT2D eigenvalue weighted by Crippen LogP contribution is -2.18. The largest absolute Gasteiger partial charge is 0.481 e. The summed E-state index contributed by atoms with van der Waals surface area (Å²) in [4.78, 5) is 24.6. The monoisotopic (exact) mass is 570 g/mol. The van der Waals surface area contributed by atoms with Crippen LogP contribution in [0.4, 0.5) is 0 Å². The topological polar surface area (TPSA) is 63.6 Å². The van der Waals surface area contributed by atoms with Gasteiger partial charge in [0.1, 0.15) is 6.10 Å².